The van der Waals surface area contributed by atoms with Gasteiger partial charge in [-0.1, -0.05) is 18.2 Å². The van der Waals surface area contributed by atoms with Gasteiger partial charge in [0.15, 0.2) is 0 Å². The molecule has 1 amide bonds. The second kappa shape index (κ2) is 9.20. The van der Waals surface area contributed by atoms with Gasteiger partial charge < -0.3 is 10.1 Å². The summed E-state index contributed by atoms with van der Waals surface area (Å²) in [6.45, 7) is 4.10. The predicted octanol–water partition coefficient (Wildman–Crippen LogP) is 4.34. The molecule has 0 fully saturated rings. The van der Waals surface area contributed by atoms with Crippen LogP contribution >= 0.6 is 11.3 Å². The van der Waals surface area contributed by atoms with E-state index in [1.807, 2.05) is 67.2 Å². The second-order valence-corrected chi connectivity index (χ2v) is 8.08. The number of aryl methyl sites for hydroxylation is 1. The molecule has 4 rings (SSSR count). The molecule has 1 N–H and O–H groups in total. The number of pyridine rings is 1. The summed E-state index contributed by atoms with van der Waals surface area (Å²) in [5, 5.41) is 8.58. The highest BCUT2D eigenvalue weighted by molar-refractivity contribution is 7.13. The van der Waals surface area contributed by atoms with Crippen LogP contribution < -0.4 is 5.32 Å². The molecule has 1 atom stereocenters. The van der Waals surface area contributed by atoms with Crippen LogP contribution in [0.5, 0.6) is 0 Å². The number of methoxy groups -OCH3 is 1. The first-order valence-corrected chi connectivity index (χ1v) is 10.7. The van der Waals surface area contributed by atoms with Crippen LogP contribution in [0.15, 0.2) is 61.1 Å². The quantitative estimate of drug-likeness (QED) is 0.469. The Morgan fingerprint density at radius 2 is 1.94 bits per heavy atom. The molecule has 0 aliphatic carbocycles. The molecule has 0 aliphatic rings. The molecule has 4 aromatic rings. The highest BCUT2D eigenvalue weighted by Crippen LogP contribution is 2.26. The first kappa shape index (κ1) is 20.9. The van der Waals surface area contributed by atoms with Gasteiger partial charge in [-0.15, -0.1) is 11.3 Å². The number of thiazole rings is 1. The summed E-state index contributed by atoms with van der Waals surface area (Å²) in [6.07, 6.45) is 5.27. The Bertz CT molecular complexity index is 1170. The zero-order valence-electron chi connectivity index (χ0n) is 17.6. The van der Waals surface area contributed by atoms with E-state index >= 15 is 0 Å². The molecule has 0 saturated carbocycles. The van der Waals surface area contributed by atoms with Crippen molar-refractivity contribution < 1.29 is 9.53 Å². The SMILES string of the molecule is COC(C)c1nc(C)c(C(=O)NCc2cn(-c3ccccc3)nc2-c2ccncc2)s1. The number of benzene rings is 1. The van der Waals surface area contributed by atoms with Crippen LogP contribution in [0.25, 0.3) is 16.9 Å². The van der Waals surface area contributed by atoms with E-state index in [1.165, 1.54) is 11.3 Å². The summed E-state index contributed by atoms with van der Waals surface area (Å²) in [5.41, 5.74) is 4.32. The largest absolute Gasteiger partial charge is 0.375 e. The second-order valence-electron chi connectivity index (χ2n) is 7.05. The van der Waals surface area contributed by atoms with Gasteiger partial charge in [-0.2, -0.15) is 5.10 Å². The minimum absolute atomic E-state index is 0.146. The monoisotopic (exact) mass is 433 g/mol. The average molecular weight is 434 g/mol. The number of rotatable bonds is 7. The van der Waals surface area contributed by atoms with Gasteiger partial charge in [-0.05, 0) is 38.1 Å². The molecule has 158 valence electrons. The van der Waals surface area contributed by atoms with Crippen LogP contribution in [0, 0.1) is 6.92 Å². The minimum atomic E-state index is -0.155. The van der Waals surface area contributed by atoms with Crippen molar-refractivity contribution in [3.05, 3.63) is 82.2 Å². The summed E-state index contributed by atoms with van der Waals surface area (Å²) in [4.78, 5) is 22.0. The van der Waals surface area contributed by atoms with E-state index in [1.54, 1.807) is 19.5 Å². The number of carbonyl (C=O) groups excluding carboxylic acids is 1. The van der Waals surface area contributed by atoms with E-state index in [9.17, 15) is 4.79 Å². The highest BCUT2D eigenvalue weighted by Gasteiger charge is 2.19. The zero-order chi connectivity index (χ0) is 21.8. The topological polar surface area (TPSA) is 81.9 Å². The molecule has 31 heavy (non-hydrogen) atoms. The van der Waals surface area contributed by atoms with Gasteiger partial charge in [0.1, 0.15) is 16.0 Å². The van der Waals surface area contributed by atoms with Crippen LogP contribution in [0.3, 0.4) is 0 Å². The molecule has 0 aliphatic heterocycles. The van der Waals surface area contributed by atoms with Crippen LogP contribution in [0.4, 0.5) is 0 Å². The highest BCUT2D eigenvalue weighted by atomic mass is 32.1. The Hall–Kier alpha value is -3.36. The van der Waals surface area contributed by atoms with Crippen molar-refractivity contribution in [3.63, 3.8) is 0 Å². The van der Waals surface area contributed by atoms with Crippen molar-refractivity contribution in [3.8, 4) is 16.9 Å². The van der Waals surface area contributed by atoms with Crippen molar-refractivity contribution in [1.82, 2.24) is 25.1 Å². The van der Waals surface area contributed by atoms with Crippen molar-refractivity contribution >= 4 is 17.2 Å². The van der Waals surface area contributed by atoms with E-state index < -0.39 is 0 Å². The lowest BCUT2D eigenvalue weighted by molar-refractivity contribution is 0.0954. The summed E-state index contributed by atoms with van der Waals surface area (Å²) < 4.78 is 7.15. The Kier molecular flexibility index (Phi) is 6.20. The molecule has 0 radical (unpaired) electrons. The van der Waals surface area contributed by atoms with E-state index in [2.05, 4.69) is 15.3 Å². The fourth-order valence-corrected chi connectivity index (χ4v) is 4.18. The summed E-state index contributed by atoms with van der Waals surface area (Å²) in [5.74, 6) is -0.155. The van der Waals surface area contributed by atoms with E-state index in [0.29, 0.717) is 17.1 Å². The number of aromatic nitrogens is 4. The molecule has 3 heterocycles. The number of amides is 1. The Morgan fingerprint density at radius 3 is 2.65 bits per heavy atom. The van der Waals surface area contributed by atoms with Crippen molar-refractivity contribution in [2.75, 3.05) is 7.11 Å². The Labute approximate surface area is 184 Å². The first-order valence-electron chi connectivity index (χ1n) is 9.89. The molecular weight excluding hydrogens is 410 g/mol. The smallest absolute Gasteiger partial charge is 0.263 e. The standard InChI is InChI=1S/C23H23N5O2S/c1-15-21(31-23(26-15)16(2)30-3)22(29)25-13-18-14-28(19-7-5-4-6-8-19)27-20(18)17-9-11-24-12-10-17/h4-12,14,16H,13H2,1-3H3,(H,25,29). The van der Waals surface area contributed by atoms with Crippen molar-refractivity contribution in [2.45, 2.75) is 26.5 Å². The predicted molar refractivity (Wildman–Crippen MR) is 120 cm³/mol. The number of nitrogens with zero attached hydrogens (tertiary/aromatic N) is 4. The fourth-order valence-electron chi connectivity index (χ4n) is 3.16. The Morgan fingerprint density at radius 1 is 1.19 bits per heavy atom. The minimum Gasteiger partial charge on any atom is -0.375 e. The fraction of sp³-hybridized carbons (Fsp3) is 0.217. The third-order valence-corrected chi connectivity index (χ3v) is 6.24. The van der Waals surface area contributed by atoms with Crippen LogP contribution in [-0.4, -0.2) is 32.8 Å². The zero-order valence-corrected chi connectivity index (χ0v) is 18.4. The molecule has 8 heteroatoms. The normalized spacial score (nSPS) is 12.0. The van der Waals surface area contributed by atoms with Gasteiger partial charge in [-0.25, -0.2) is 9.67 Å². The van der Waals surface area contributed by atoms with Gasteiger partial charge in [-0.3, -0.25) is 9.78 Å². The molecule has 1 unspecified atom stereocenters. The van der Waals surface area contributed by atoms with E-state index in [4.69, 9.17) is 9.84 Å². The van der Waals surface area contributed by atoms with Gasteiger partial charge in [0, 0.05) is 43.4 Å². The molecule has 1 aromatic carbocycles. The van der Waals surface area contributed by atoms with Crippen LogP contribution in [0.2, 0.25) is 0 Å². The molecule has 0 spiro atoms. The van der Waals surface area contributed by atoms with Gasteiger partial charge in [0.2, 0.25) is 0 Å². The van der Waals surface area contributed by atoms with Gasteiger partial charge in [0.05, 0.1) is 17.1 Å². The van der Waals surface area contributed by atoms with Gasteiger partial charge in [0.25, 0.3) is 5.91 Å². The van der Waals surface area contributed by atoms with Crippen LogP contribution in [-0.2, 0) is 11.3 Å². The molecule has 3 aromatic heterocycles. The third kappa shape index (κ3) is 4.55. The maximum Gasteiger partial charge on any atom is 0.263 e. The summed E-state index contributed by atoms with van der Waals surface area (Å²) >= 11 is 1.36. The molecule has 7 nitrogen and oxygen atoms in total. The maximum atomic E-state index is 12.9. The van der Waals surface area contributed by atoms with Crippen LogP contribution in [0.1, 0.15) is 39.0 Å². The number of carbonyl (C=O) groups is 1. The van der Waals surface area contributed by atoms with Crippen molar-refractivity contribution in [2.24, 2.45) is 0 Å². The molecular formula is C23H23N5O2S. The number of nitrogens with one attached hydrogen (secondary N) is 1. The van der Waals surface area contributed by atoms with Gasteiger partial charge >= 0.3 is 0 Å². The van der Waals surface area contributed by atoms with E-state index in [-0.39, 0.29) is 12.0 Å². The third-order valence-electron chi connectivity index (χ3n) is 4.92. The number of ether oxygens (including phenoxy) is 1. The summed E-state index contributed by atoms with van der Waals surface area (Å²) in [6, 6.07) is 13.7. The van der Waals surface area contributed by atoms with Crippen molar-refractivity contribution in [1.29, 1.82) is 0 Å². The lowest BCUT2D eigenvalue weighted by atomic mass is 10.1. The molecule has 0 saturated heterocycles. The first-order chi connectivity index (χ1) is 15.1. The number of para-hydroxylation sites is 1. The lowest BCUT2D eigenvalue weighted by Crippen LogP contribution is -2.22. The summed E-state index contributed by atoms with van der Waals surface area (Å²) in [7, 11) is 1.63. The molecule has 0 bridgehead atoms. The number of hydrogen-bond donors (Lipinski definition) is 1. The number of hydrogen-bond acceptors (Lipinski definition) is 6. The van der Waals surface area contributed by atoms with E-state index in [0.717, 1.165) is 27.5 Å². The maximum absolute atomic E-state index is 12.9. The lowest BCUT2D eigenvalue weighted by Gasteiger charge is -2.05. The average Bonchev–Trinajstić information content (AvgIpc) is 3.42. The Balaban J connectivity index is 1.60.